The SMILES string of the molecule is C[C@@H]1C2CN(C(C)(C)C)[C@H](C(=O)C(C)(C)C)[C@@H]21. The molecule has 1 saturated heterocycles. The van der Waals surface area contributed by atoms with Crippen LogP contribution >= 0.6 is 0 Å². The van der Waals surface area contributed by atoms with Crippen LogP contribution in [0.2, 0.25) is 0 Å². The Morgan fingerprint density at radius 2 is 1.65 bits per heavy atom. The molecule has 1 aliphatic heterocycles. The van der Waals surface area contributed by atoms with Crippen LogP contribution in [0.15, 0.2) is 0 Å². The Kier molecular flexibility index (Phi) is 2.74. The molecule has 0 spiro atoms. The second kappa shape index (κ2) is 3.57. The Morgan fingerprint density at radius 3 is 2.06 bits per heavy atom. The highest BCUT2D eigenvalue weighted by atomic mass is 16.1. The first-order valence-electron chi connectivity index (χ1n) is 6.86. The summed E-state index contributed by atoms with van der Waals surface area (Å²) in [5.74, 6) is 2.58. The fourth-order valence-electron chi connectivity index (χ4n) is 3.39. The van der Waals surface area contributed by atoms with E-state index < -0.39 is 0 Å². The van der Waals surface area contributed by atoms with Gasteiger partial charge in [0.25, 0.3) is 0 Å². The number of piperidine rings is 1. The minimum absolute atomic E-state index is 0.110. The predicted molar refractivity (Wildman–Crippen MR) is 70.9 cm³/mol. The number of rotatable bonds is 1. The predicted octanol–water partition coefficient (Wildman–Crippen LogP) is 2.97. The summed E-state index contributed by atoms with van der Waals surface area (Å²) in [4.78, 5) is 15.1. The quantitative estimate of drug-likeness (QED) is 0.699. The number of hydrogen-bond donors (Lipinski definition) is 0. The van der Waals surface area contributed by atoms with Crippen LogP contribution in [0.5, 0.6) is 0 Å². The molecule has 0 N–H and O–H groups in total. The van der Waals surface area contributed by atoms with Gasteiger partial charge in [-0.05, 0) is 38.5 Å². The Bertz CT molecular complexity index is 334. The molecule has 0 aromatic heterocycles. The van der Waals surface area contributed by atoms with Crippen LogP contribution in [0.25, 0.3) is 0 Å². The van der Waals surface area contributed by atoms with Gasteiger partial charge in [-0.25, -0.2) is 0 Å². The molecule has 0 aromatic carbocycles. The van der Waals surface area contributed by atoms with Crippen LogP contribution in [0.3, 0.4) is 0 Å². The van der Waals surface area contributed by atoms with Crippen molar-refractivity contribution in [1.82, 2.24) is 4.90 Å². The number of Topliss-reactive ketones (excluding diaryl/α,β-unsaturated/α-hetero) is 1. The summed E-state index contributed by atoms with van der Waals surface area (Å²) >= 11 is 0. The van der Waals surface area contributed by atoms with Gasteiger partial charge in [0.15, 0.2) is 5.78 Å². The van der Waals surface area contributed by atoms with Crippen LogP contribution < -0.4 is 0 Å². The summed E-state index contributed by atoms with van der Waals surface area (Å²) in [5, 5.41) is 0. The monoisotopic (exact) mass is 237 g/mol. The first-order chi connectivity index (χ1) is 7.55. The van der Waals surface area contributed by atoms with E-state index in [4.69, 9.17) is 0 Å². The lowest BCUT2D eigenvalue weighted by molar-refractivity contribution is -0.133. The van der Waals surface area contributed by atoms with Crippen LogP contribution in [-0.4, -0.2) is 28.8 Å². The maximum Gasteiger partial charge on any atom is 0.155 e. The number of ketones is 1. The number of carbonyl (C=O) groups is 1. The van der Waals surface area contributed by atoms with Crippen LogP contribution in [0, 0.1) is 23.2 Å². The number of hydrogen-bond acceptors (Lipinski definition) is 2. The van der Waals surface area contributed by atoms with Gasteiger partial charge in [0, 0.05) is 17.5 Å². The topological polar surface area (TPSA) is 20.3 Å². The smallest absolute Gasteiger partial charge is 0.155 e. The third-order valence-corrected chi connectivity index (χ3v) is 4.61. The lowest BCUT2D eigenvalue weighted by Gasteiger charge is -2.40. The summed E-state index contributed by atoms with van der Waals surface area (Å²) in [6.07, 6.45) is 0. The van der Waals surface area contributed by atoms with Crippen molar-refractivity contribution in [3.05, 3.63) is 0 Å². The maximum absolute atomic E-state index is 12.7. The van der Waals surface area contributed by atoms with E-state index in [9.17, 15) is 4.79 Å². The molecule has 4 atom stereocenters. The molecule has 17 heavy (non-hydrogen) atoms. The first kappa shape index (κ1) is 13.1. The average molecular weight is 237 g/mol. The van der Waals surface area contributed by atoms with Crippen LogP contribution in [0.4, 0.5) is 0 Å². The van der Waals surface area contributed by atoms with Crippen molar-refractivity contribution in [2.45, 2.75) is 60.0 Å². The van der Waals surface area contributed by atoms with E-state index in [0.29, 0.717) is 11.7 Å². The third-order valence-electron chi connectivity index (χ3n) is 4.61. The summed E-state index contributed by atoms with van der Waals surface area (Å²) in [7, 11) is 0. The highest BCUT2D eigenvalue weighted by molar-refractivity contribution is 5.90. The van der Waals surface area contributed by atoms with Crippen molar-refractivity contribution in [2.24, 2.45) is 23.2 Å². The number of carbonyl (C=O) groups excluding carboxylic acids is 1. The summed E-state index contributed by atoms with van der Waals surface area (Å²) < 4.78 is 0. The normalized spacial score (nSPS) is 38.1. The second-order valence-corrected chi connectivity index (χ2v) is 7.98. The first-order valence-corrected chi connectivity index (χ1v) is 6.86. The minimum Gasteiger partial charge on any atom is -0.297 e. The van der Waals surface area contributed by atoms with E-state index in [1.165, 1.54) is 0 Å². The van der Waals surface area contributed by atoms with Gasteiger partial charge in [-0.2, -0.15) is 0 Å². The van der Waals surface area contributed by atoms with E-state index in [1.807, 2.05) is 0 Å². The number of nitrogens with zero attached hydrogens (tertiary/aromatic N) is 1. The lowest BCUT2D eigenvalue weighted by atomic mass is 9.83. The molecule has 98 valence electrons. The molecule has 0 radical (unpaired) electrons. The van der Waals surface area contributed by atoms with E-state index >= 15 is 0 Å². The van der Waals surface area contributed by atoms with Crippen molar-refractivity contribution in [1.29, 1.82) is 0 Å². The lowest BCUT2D eigenvalue weighted by Crippen LogP contribution is -2.53. The molecule has 2 fully saturated rings. The molecular weight excluding hydrogens is 210 g/mol. The average Bonchev–Trinajstić information content (AvgIpc) is 2.58. The van der Waals surface area contributed by atoms with Gasteiger partial charge in [0.2, 0.25) is 0 Å². The zero-order valence-corrected chi connectivity index (χ0v) is 12.4. The number of fused-ring (bicyclic) bond motifs is 1. The van der Waals surface area contributed by atoms with Gasteiger partial charge in [-0.3, -0.25) is 9.69 Å². The molecule has 1 heterocycles. The fraction of sp³-hybridized carbons (Fsp3) is 0.933. The van der Waals surface area contributed by atoms with Gasteiger partial charge >= 0.3 is 0 Å². The molecule has 0 aromatic rings. The third kappa shape index (κ3) is 2.05. The molecule has 1 aliphatic carbocycles. The van der Waals surface area contributed by atoms with E-state index in [-0.39, 0.29) is 17.0 Å². The molecule has 2 aliphatic rings. The van der Waals surface area contributed by atoms with Crippen molar-refractivity contribution in [3.63, 3.8) is 0 Å². The molecule has 2 rings (SSSR count). The fourth-order valence-corrected chi connectivity index (χ4v) is 3.39. The van der Waals surface area contributed by atoms with E-state index in [1.54, 1.807) is 0 Å². The molecule has 1 saturated carbocycles. The van der Waals surface area contributed by atoms with Gasteiger partial charge in [0.05, 0.1) is 6.04 Å². The zero-order chi connectivity index (χ0) is 13.2. The Hall–Kier alpha value is -0.370. The highest BCUT2D eigenvalue weighted by Gasteiger charge is 2.63. The summed E-state index contributed by atoms with van der Waals surface area (Å²) in [6, 6.07) is 0.162. The van der Waals surface area contributed by atoms with Crippen LogP contribution in [-0.2, 0) is 4.79 Å². The van der Waals surface area contributed by atoms with Crippen molar-refractivity contribution in [2.75, 3.05) is 6.54 Å². The van der Waals surface area contributed by atoms with Gasteiger partial charge in [-0.1, -0.05) is 27.7 Å². The molecule has 2 heteroatoms. The van der Waals surface area contributed by atoms with E-state index in [2.05, 4.69) is 53.4 Å². The van der Waals surface area contributed by atoms with Crippen molar-refractivity contribution < 1.29 is 4.79 Å². The largest absolute Gasteiger partial charge is 0.297 e. The van der Waals surface area contributed by atoms with Gasteiger partial charge in [0.1, 0.15) is 0 Å². The number of likely N-dealkylation sites (tertiary alicyclic amines) is 1. The Morgan fingerprint density at radius 1 is 1.12 bits per heavy atom. The molecular formula is C15H27NO. The van der Waals surface area contributed by atoms with Crippen molar-refractivity contribution in [3.8, 4) is 0 Å². The second-order valence-electron chi connectivity index (χ2n) is 7.98. The maximum atomic E-state index is 12.7. The molecule has 0 amide bonds. The van der Waals surface area contributed by atoms with Gasteiger partial charge in [-0.15, -0.1) is 0 Å². The van der Waals surface area contributed by atoms with Crippen molar-refractivity contribution >= 4 is 5.78 Å². The Labute approximate surface area is 106 Å². The molecule has 2 nitrogen and oxygen atoms in total. The standard InChI is InChI=1S/C15H27NO/c1-9-10-8-16(15(5,6)7)12(11(9)10)13(17)14(2,3)4/h9-12H,8H2,1-7H3/t9-,10?,11-,12+/m1/s1. The summed E-state index contributed by atoms with van der Waals surface area (Å²) in [5.41, 5.74) is -0.107. The summed E-state index contributed by atoms with van der Waals surface area (Å²) in [6.45, 7) is 16.3. The van der Waals surface area contributed by atoms with Crippen LogP contribution in [0.1, 0.15) is 48.5 Å². The highest BCUT2D eigenvalue weighted by Crippen LogP contribution is 2.57. The van der Waals surface area contributed by atoms with E-state index in [0.717, 1.165) is 18.4 Å². The molecule has 0 bridgehead atoms. The Balaban J connectivity index is 2.25. The zero-order valence-electron chi connectivity index (χ0n) is 12.4. The van der Waals surface area contributed by atoms with Gasteiger partial charge < -0.3 is 0 Å². The molecule has 1 unspecified atom stereocenters. The minimum atomic E-state index is -0.217.